The summed E-state index contributed by atoms with van der Waals surface area (Å²) in [5.41, 5.74) is 0.530. The molecule has 19 heavy (non-hydrogen) atoms. The van der Waals surface area contributed by atoms with Crippen molar-refractivity contribution in [1.29, 1.82) is 0 Å². The van der Waals surface area contributed by atoms with E-state index in [-0.39, 0.29) is 18.2 Å². The summed E-state index contributed by atoms with van der Waals surface area (Å²) in [6.45, 7) is 1.51. The van der Waals surface area contributed by atoms with Gasteiger partial charge < -0.3 is 0 Å². The monoisotopic (exact) mass is 265 g/mol. The Balaban J connectivity index is 2.31. The maximum Gasteiger partial charge on any atom is 0.289 e. The van der Waals surface area contributed by atoms with E-state index < -0.39 is 5.92 Å². The largest absolute Gasteiger partial charge is 0.289 e. The second-order valence-electron chi connectivity index (χ2n) is 5.19. The van der Waals surface area contributed by atoms with Crippen molar-refractivity contribution in [3.63, 3.8) is 0 Å². The molecule has 1 nitrogen and oxygen atoms in total. The van der Waals surface area contributed by atoms with Gasteiger partial charge in [0, 0.05) is 12.0 Å². The molecule has 2 rings (SSSR count). The lowest BCUT2D eigenvalue weighted by atomic mass is 9.94. The highest BCUT2D eigenvalue weighted by atomic mass is 19.3. The van der Waals surface area contributed by atoms with Crippen LogP contribution in [-0.2, 0) is 0 Å². The Hall–Kier alpha value is -1.25. The zero-order valence-electron chi connectivity index (χ0n) is 11.4. The average molecular weight is 265 g/mol. The Morgan fingerprint density at radius 2 is 1.79 bits per heavy atom. The molecule has 0 N–H and O–H groups in total. The predicted molar refractivity (Wildman–Crippen MR) is 75.1 cm³/mol. The van der Waals surface area contributed by atoms with Gasteiger partial charge in [-0.1, -0.05) is 56.5 Å². The summed E-state index contributed by atoms with van der Waals surface area (Å²) >= 11 is 0. The minimum atomic E-state index is -2.83. The SMILES string of the molecule is CCC(F)(F)C(=NC1CCCCC1)c1ccccc1. The molecule has 3 heteroatoms. The van der Waals surface area contributed by atoms with E-state index in [1.165, 1.54) is 13.3 Å². The summed E-state index contributed by atoms with van der Waals surface area (Å²) in [6.07, 6.45) is 5.10. The molecule has 0 aromatic heterocycles. The van der Waals surface area contributed by atoms with Crippen LogP contribution in [0.5, 0.6) is 0 Å². The fourth-order valence-corrected chi connectivity index (χ4v) is 2.54. The normalized spacial score (nSPS) is 18.6. The maximum atomic E-state index is 14.1. The molecule has 0 amide bonds. The molecule has 0 spiro atoms. The summed E-state index contributed by atoms with van der Waals surface area (Å²) in [4.78, 5) is 4.41. The van der Waals surface area contributed by atoms with Crippen LogP contribution < -0.4 is 0 Å². The lowest BCUT2D eigenvalue weighted by Crippen LogP contribution is -2.30. The van der Waals surface area contributed by atoms with Gasteiger partial charge in [-0.3, -0.25) is 4.99 Å². The molecule has 0 heterocycles. The molecule has 104 valence electrons. The molecule has 0 radical (unpaired) electrons. The van der Waals surface area contributed by atoms with Gasteiger partial charge in [0.25, 0.3) is 5.92 Å². The van der Waals surface area contributed by atoms with Gasteiger partial charge in [0.1, 0.15) is 5.71 Å². The summed E-state index contributed by atoms with van der Waals surface area (Å²) in [6, 6.07) is 8.94. The molecule has 0 unspecified atom stereocenters. The van der Waals surface area contributed by atoms with E-state index in [2.05, 4.69) is 4.99 Å². The number of aliphatic imine (C=N–C) groups is 1. The summed E-state index contributed by atoms with van der Waals surface area (Å²) in [7, 11) is 0. The van der Waals surface area contributed by atoms with Crippen LogP contribution in [0.4, 0.5) is 8.78 Å². The molecule has 0 bridgehead atoms. The van der Waals surface area contributed by atoms with Gasteiger partial charge >= 0.3 is 0 Å². The van der Waals surface area contributed by atoms with Crippen LogP contribution in [0.1, 0.15) is 51.0 Å². The van der Waals surface area contributed by atoms with Gasteiger partial charge in [0.15, 0.2) is 0 Å². The van der Waals surface area contributed by atoms with Crippen molar-refractivity contribution in [2.24, 2.45) is 4.99 Å². The highest BCUT2D eigenvalue weighted by molar-refractivity contribution is 6.05. The number of benzene rings is 1. The van der Waals surface area contributed by atoms with E-state index in [1.807, 2.05) is 6.07 Å². The summed E-state index contributed by atoms with van der Waals surface area (Å²) in [5.74, 6) is -2.83. The van der Waals surface area contributed by atoms with Gasteiger partial charge in [-0.2, -0.15) is 8.78 Å². The Kier molecular flexibility index (Phi) is 4.67. The molecular weight excluding hydrogens is 244 g/mol. The van der Waals surface area contributed by atoms with E-state index >= 15 is 0 Å². The molecular formula is C16H21F2N. The van der Waals surface area contributed by atoms with Gasteiger partial charge in [-0.25, -0.2) is 0 Å². The maximum absolute atomic E-state index is 14.1. The van der Waals surface area contributed by atoms with Crippen LogP contribution in [0, 0.1) is 0 Å². The second-order valence-corrected chi connectivity index (χ2v) is 5.19. The molecule has 0 aliphatic heterocycles. The molecule has 1 aliphatic carbocycles. The van der Waals surface area contributed by atoms with Gasteiger partial charge in [0.2, 0.25) is 0 Å². The van der Waals surface area contributed by atoms with Crippen LogP contribution in [-0.4, -0.2) is 17.7 Å². The second kappa shape index (κ2) is 6.27. The third-order valence-electron chi connectivity index (χ3n) is 3.72. The number of alkyl halides is 2. The van der Waals surface area contributed by atoms with E-state index in [0.717, 1.165) is 25.7 Å². The minimum absolute atomic E-state index is 0.0255. The van der Waals surface area contributed by atoms with Crippen LogP contribution in [0.25, 0.3) is 0 Å². The number of hydrogen-bond donors (Lipinski definition) is 0. The average Bonchev–Trinajstić information content (AvgIpc) is 2.46. The fraction of sp³-hybridized carbons (Fsp3) is 0.562. The third-order valence-corrected chi connectivity index (χ3v) is 3.72. The van der Waals surface area contributed by atoms with Gasteiger partial charge in [-0.15, -0.1) is 0 Å². The zero-order chi connectivity index (χ0) is 13.7. The summed E-state index contributed by atoms with van der Waals surface area (Å²) < 4.78 is 28.3. The quantitative estimate of drug-likeness (QED) is 0.690. The zero-order valence-corrected chi connectivity index (χ0v) is 11.4. The Morgan fingerprint density at radius 1 is 1.16 bits per heavy atom. The molecule has 1 saturated carbocycles. The topological polar surface area (TPSA) is 12.4 Å². The number of rotatable bonds is 4. The summed E-state index contributed by atoms with van der Waals surface area (Å²) in [5, 5.41) is 0. The Morgan fingerprint density at radius 3 is 2.37 bits per heavy atom. The van der Waals surface area contributed by atoms with E-state index in [9.17, 15) is 8.78 Å². The van der Waals surface area contributed by atoms with Gasteiger partial charge in [-0.05, 0) is 12.8 Å². The van der Waals surface area contributed by atoms with E-state index in [1.54, 1.807) is 24.3 Å². The smallest absolute Gasteiger partial charge is 0.279 e. The van der Waals surface area contributed by atoms with Crippen LogP contribution in [0.15, 0.2) is 35.3 Å². The number of hydrogen-bond acceptors (Lipinski definition) is 1. The van der Waals surface area contributed by atoms with Crippen LogP contribution >= 0.6 is 0 Å². The van der Waals surface area contributed by atoms with Crippen molar-refractivity contribution in [2.75, 3.05) is 0 Å². The predicted octanol–water partition coefficient (Wildman–Crippen LogP) is 4.85. The molecule has 1 aromatic carbocycles. The molecule has 1 aliphatic rings. The van der Waals surface area contributed by atoms with Crippen molar-refractivity contribution in [3.05, 3.63) is 35.9 Å². The van der Waals surface area contributed by atoms with E-state index in [0.29, 0.717) is 5.56 Å². The molecule has 1 aromatic rings. The van der Waals surface area contributed by atoms with Crippen molar-refractivity contribution >= 4 is 5.71 Å². The van der Waals surface area contributed by atoms with Crippen LogP contribution in [0.3, 0.4) is 0 Å². The van der Waals surface area contributed by atoms with Crippen LogP contribution in [0.2, 0.25) is 0 Å². The standard InChI is InChI=1S/C16H21F2N/c1-2-16(17,18)15(13-9-5-3-6-10-13)19-14-11-7-4-8-12-14/h3,5-6,9-10,14H,2,4,7-8,11-12H2,1H3. The van der Waals surface area contributed by atoms with Crippen molar-refractivity contribution in [3.8, 4) is 0 Å². The van der Waals surface area contributed by atoms with E-state index in [4.69, 9.17) is 0 Å². The first-order chi connectivity index (χ1) is 9.13. The Labute approximate surface area is 113 Å². The van der Waals surface area contributed by atoms with Crippen molar-refractivity contribution < 1.29 is 8.78 Å². The lowest BCUT2D eigenvalue weighted by Gasteiger charge is -2.23. The number of halogens is 2. The Bertz CT molecular complexity index is 420. The van der Waals surface area contributed by atoms with Gasteiger partial charge in [0.05, 0.1) is 6.04 Å². The van der Waals surface area contributed by atoms with Crippen molar-refractivity contribution in [2.45, 2.75) is 57.4 Å². The fourth-order valence-electron chi connectivity index (χ4n) is 2.54. The first-order valence-corrected chi connectivity index (χ1v) is 7.15. The first kappa shape index (κ1) is 14.2. The molecule has 1 fully saturated rings. The highest BCUT2D eigenvalue weighted by Crippen LogP contribution is 2.28. The third kappa shape index (κ3) is 3.62. The van der Waals surface area contributed by atoms with Crippen molar-refractivity contribution in [1.82, 2.24) is 0 Å². The number of nitrogens with zero attached hydrogens (tertiary/aromatic N) is 1. The lowest BCUT2D eigenvalue weighted by molar-refractivity contribution is 0.0737. The minimum Gasteiger partial charge on any atom is -0.279 e. The molecule has 0 atom stereocenters. The first-order valence-electron chi connectivity index (χ1n) is 7.15. The molecule has 0 saturated heterocycles. The highest BCUT2D eigenvalue weighted by Gasteiger charge is 2.35.